The van der Waals surface area contributed by atoms with Crippen molar-refractivity contribution in [2.24, 2.45) is 0 Å². The molecule has 0 aliphatic heterocycles. The molecule has 2 aromatic rings. The zero-order chi connectivity index (χ0) is 16.3. The fourth-order valence-electron chi connectivity index (χ4n) is 2.30. The van der Waals surface area contributed by atoms with Crippen LogP contribution in [0.2, 0.25) is 0 Å². The molecule has 0 spiro atoms. The summed E-state index contributed by atoms with van der Waals surface area (Å²) in [5, 5.41) is 8.54. The first-order valence-electron chi connectivity index (χ1n) is 7.82. The maximum absolute atomic E-state index is 11.6. The molecule has 0 radical (unpaired) electrons. The van der Waals surface area contributed by atoms with Gasteiger partial charge in [-0.25, -0.2) is 0 Å². The van der Waals surface area contributed by atoms with E-state index in [1.54, 1.807) is 7.11 Å². The van der Waals surface area contributed by atoms with Crippen LogP contribution in [-0.2, 0) is 15.3 Å². The van der Waals surface area contributed by atoms with Gasteiger partial charge in [0.1, 0.15) is 0 Å². The van der Waals surface area contributed by atoms with E-state index in [9.17, 15) is 4.79 Å². The van der Waals surface area contributed by atoms with Crippen LogP contribution in [0.15, 0.2) is 42.5 Å². The van der Waals surface area contributed by atoms with Gasteiger partial charge in [0.2, 0.25) is 5.91 Å². The lowest BCUT2D eigenvalue weighted by Gasteiger charge is -2.08. The molecule has 0 aromatic heterocycles. The molecule has 0 heterocycles. The highest BCUT2D eigenvalue weighted by atomic mass is 32.2. The van der Waals surface area contributed by atoms with Crippen molar-refractivity contribution in [3.8, 4) is 0 Å². The minimum Gasteiger partial charge on any atom is -0.383 e. The predicted octanol–water partition coefficient (Wildman–Crippen LogP) is 2.43. The molecule has 0 saturated carbocycles. The molecule has 1 amide bonds. The average molecular weight is 332 g/mol. The monoisotopic (exact) mass is 332 g/mol. The third-order valence-electron chi connectivity index (χ3n) is 3.47. The number of nitrogens with one attached hydrogen (secondary N) is 2. The highest BCUT2D eigenvalue weighted by molar-refractivity contribution is 7.98. The van der Waals surface area contributed by atoms with Crippen molar-refractivity contribution in [3.63, 3.8) is 0 Å². The summed E-state index contributed by atoms with van der Waals surface area (Å²) < 4.78 is 4.91. The predicted molar refractivity (Wildman–Crippen MR) is 97.9 cm³/mol. The maximum Gasteiger partial charge on any atom is 0.233 e. The SMILES string of the molecule is COCCNCC(=O)NCCSCc1cccc2ccccc12. The number of hydrogen-bond acceptors (Lipinski definition) is 4. The van der Waals surface area contributed by atoms with E-state index in [4.69, 9.17) is 4.74 Å². The molecular formula is C18H24N2O2S. The quantitative estimate of drug-likeness (QED) is 0.656. The van der Waals surface area contributed by atoms with Crippen LogP contribution in [0.5, 0.6) is 0 Å². The van der Waals surface area contributed by atoms with Gasteiger partial charge in [-0.05, 0) is 16.3 Å². The van der Waals surface area contributed by atoms with Crippen LogP contribution in [0.1, 0.15) is 5.56 Å². The molecule has 0 bridgehead atoms. The van der Waals surface area contributed by atoms with Crippen LogP contribution >= 0.6 is 11.8 Å². The highest BCUT2D eigenvalue weighted by Crippen LogP contribution is 2.22. The van der Waals surface area contributed by atoms with Crippen LogP contribution < -0.4 is 10.6 Å². The second-order valence-electron chi connectivity index (χ2n) is 5.21. The third-order valence-corrected chi connectivity index (χ3v) is 4.48. The molecule has 4 nitrogen and oxygen atoms in total. The van der Waals surface area contributed by atoms with Gasteiger partial charge in [-0.1, -0.05) is 42.5 Å². The number of benzene rings is 2. The minimum absolute atomic E-state index is 0.0341. The summed E-state index contributed by atoms with van der Waals surface area (Å²) in [6.07, 6.45) is 0. The van der Waals surface area contributed by atoms with Gasteiger partial charge in [0, 0.05) is 31.7 Å². The number of amides is 1. The molecule has 0 aliphatic rings. The smallest absolute Gasteiger partial charge is 0.233 e. The summed E-state index contributed by atoms with van der Waals surface area (Å²) >= 11 is 1.84. The van der Waals surface area contributed by atoms with E-state index in [-0.39, 0.29) is 5.91 Å². The molecule has 2 aromatic carbocycles. The average Bonchev–Trinajstić information content (AvgIpc) is 2.58. The van der Waals surface area contributed by atoms with Gasteiger partial charge in [0.25, 0.3) is 0 Å². The van der Waals surface area contributed by atoms with Gasteiger partial charge in [-0.3, -0.25) is 4.79 Å². The van der Waals surface area contributed by atoms with Crippen molar-refractivity contribution in [2.45, 2.75) is 5.75 Å². The summed E-state index contributed by atoms with van der Waals surface area (Å²) in [6, 6.07) is 14.9. The summed E-state index contributed by atoms with van der Waals surface area (Å²) in [6.45, 7) is 2.35. The lowest BCUT2D eigenvalue weighted by molar-refractivity contribution is -0.120. The Morgan fingerprint density at radius 3 is 2.83 bits per heavy atom. The molecule has 0 saturated heterocycles. The summed E-state index contributed by atoms with van der Waals surface area (Å²) in [5.41, 5.74) is 1.35. The summed E-state index contributed by atoms with van der Waals surface area (Å²) in [4.78, 5) is 11.6. The normalized spacial score (nSPS) is 10.8. The van der Waals surface area contributed by atoms with Gasteiger partial charge in [0.05, 0.1) is 13.2 Å². The molecule has 0 atom stereocenters. The van der Waals surface area contributed by atoms with Crippen molar-refractivity contribution in [1.29, 1.82) is 0 Å². The summed E-state index contributed by atoms with van der Waals surface area (Å²) in [7, 11) is 1.65. The maximum atomic E-state index is 11.6. The Hall–Kier alpha value is -1.56. The zero-order valence-electron chi connectivity index (χ0n) is 13.5. The van der Waals surface area contributed by atoms with E-state index >= 15 is 0 Å². The Balaban J connectivity index is 1.64. The van der Waals surface area contributed by atoms with E-state index in [0.29, 0.717) is 26.2 Å². The van der Waals surface area contributed by atoms with Crippen molar-refractivity contribution >= 4 is 28.4 Å². The van der Waals surface area contributed by atoms with Crippen molar-refractivity contribution < 1.29 is 9.53 Å². The van der Waals surface area contributed by atoms with E-state index in [1.165, 1.54) is 16.3 Å². The fourth-order valence-corrected chi connectivity index (χ4v) is 3.16. The number of hydrogen-bond donors (Lipinski definition) is 2. The third kappa shape index (κ3) is 6.22. The Morgan fingerprint density at radius 2 is 1.96 bits per heavy atom. The Labute approximate surface area is 142 Å². The first-order chi connectivity index (χ1) is 11.3. The Bertz CT molecular complexity index is 613. The molecule has 0 fully saturated rings. The number of thioether (sulfide) groups is 1. The fraction of sp³-hybridized carbons (Fsp3) is 0.389. The lowest BCUT2D eigenvalue weighted by atomic mass is 10.1. The number of ether oxygens (including phenoxy) is 1. The van der Waals surface area contributed by atoms with E-state index in [0.717, 1.165) is 11.5 Å². The van der Waals surface area contributed by atoms with Gasteiger partial charge in [-0.2, -0.15) is 11.8 Å². The standard InChI is InChI=1S/C18H24N2O2S/c1-22-11-9-19-13-18(21)20-10-12-23-14-16-7-4-6-15-5-2-3-8-17(15)16/h2-8,19H,9-14H2,1H3,(H,20,21). The number of carbonyl (C=O) groups excluding carboxylic acids is 1. The second-order valence-corrected chi connectivity index (χ2v) is 6.32. The molecule has 23 heavy (non-hydrogen) atoms. The molecule has 2 N–H and O–H groups in total. The van der Waals surface area contributed by atoms with Crippen LogP contribution in [0.4, 0.5) is 0 Å². The highest BCUT2D eigenvalue weighted by Gasteiger charge is 2.02. The van der Waals surface area contributed by atoms with E-state index < -0.39 is 0 Å². The molecular weight excluding hydrogens is 308 g/mol. The van der Waals surface area contributed by atoms with Crippen molar-refractivity contribution in [2.75, 3.05) is 39.1 Å². The lowest BCUT2D eigenvalue weighted by Crippen LogP contribution is -2.36. The molecule has 0 aliphatic carbocycles. The number of methoxy groups -OCH3 is 1. The molecule has 5 heteroatoms. The van der Waals surface area contributed by atoms with Crippen LogP contribution in [-0.4, -0.2) is 45.0 Å². The van der Waals surface area contributed by atoms with E-state index in [1.807, 2.05) is 11.8 Å². The van der Waals surface area contributed by atoms with Gasteiger partial charge < -0.3 is 15.4 Å². The second kappa shape index (κ2) is 10.3. The molecule has 2 rings (SSSR count). The first-order valence-corrected chi connectivity index (χ1v) is 8.97. The van der Waals surface area contributed by atoms with Gasteiger partial charge in [-0.15, -0.1) is 0 Å². The Morgan fingerprint density at radius 1 is 1.13 bits per heavy atom. The van der Waals surface area contributed by atoms with Crippen LogP contribution in [0.3, 0.4) is 0 Å². The van der Waals surface area contributed by atoms with Gasteiger partial charge >= 0.3 is 0 Å². The molecule has 124 valence electrons. The number of fused-ring (bicyclic) bond motifs is 1. The van der Waals surface area contributed by atoms with Crippen LogP contribution in [0.25, 0.3) is 10.8 Å². The minimum atomic E-state index is 0.0341. The topological polar surface area (TPSA) is 50.4 Å². The first kappa shape index (κ1) is 17.8. The Kier molecular flexibility index (Phi) is 7.93. The summed E-state index contributed by atoms with van der Waals surface area (Å²) in [5.74, 6) is 1.91. The largest absolute Gasteiger partial charge is 0.383 e. The van der Waals surface area contributed by atoms with Gasteiger partial charge in [0.15, 0.2) is 0 Å². The zero-order valence-corrected chi connectivity index (χ0v) is 14.3. The van der Waals surface area contributed by atoms with Crippen molar-refractivity contribution in [1.82, 2.24) is 10.6 Å². The molecule has 0 unspecified atom stereocenters. The van der Waals surface area contributed by atoms with E-state index in [2.05, 4.69) is 53.1 Å². The number of carbonyl (C=O) groups is 1. The van der Waals surface area contributed by atoms with Crippen LogP contribution in [0, 0.1) is 0 Å². The number of rotatable bonds is 10. The van der Waals surface area contributed by atoms with Crippen molar-refractivity contribution in [3.05, 3.63) is 48.0 Å².